The highest BCUT2D eigenvalue weighted by Gasteiger charge is 2.36. The molecule has 0 atom stereocenters. The zero-order valence-electron chi connectivity index (χ0n) is 9.60. The molecule has 1 aromatic rings. The van der Waals surface area contributed by atoms with Gasteiger partial charge in [-0.25, -0.2) is 0 Å². The minimum Gasteiger partial charge on any atom is -0.493 e. The Labute approximate surface area is 97.4 Å². The second kappa shape index (κ2) is 5.21. The maximum absolute atomic E-state index is 12.8. The largest absolute Gasteiger partial charge is 0.493 e. The van der Waals surface area contributed by atoms with Crippen molar-refractivity contribution in [3.8, 4) is 5.75 Å². The lowest BCUT2D eigenvalue weighted by Gasteiger charge is -2.15. The Balaban J connectivity index is 3.39. The molecule has 0 aliphatic heterocycles. The van der Waals surface area contributed by atoms with Crippen molar-refractivity contribution in [2.45, 2.75) is 26.4 Å². The average molecular weight is 246 g/mol. The van der Waals surface area contributed by atoms with Crippen LogP contribution in [0, 0.1) is 0 Å². The van der Waals surface area contributed by atoms with Crippen LogP contribution in [0.15, 0.2) is 18.2 Å². The Morgan fingerprint density at radius 2 is 1.94 bits per heavy atom. The van der Waals surface area contributed by atoms with Crippen molar-refractivity contribution < 1.29 is 22.7 Å². The van der Waals surface area contributed by atoms with E-state index in [2.05, 4.69) is 0 Å². The van der Waals surface area contributed by atoms with E-state index in [4.69, 9.17) is 4.74 Å². The first-order valence-corrected chi connectivity index (χ1v) is 5.28. The molecule has 0 spiro atoms. The molecule has 1 aromatic carbocycles. The third-order valence-corrected chi connectivity index (χ3v) is 2.23. The van der Waals surface area contributed by atoms with Crippen LogP contribution in [-0.4, -0.2) is 12.4 Å². The first-order chi connectivity index (χ1) is 7.91. The van der Waals surface area contributed by atoms with Crippen molar-refractivity contribution in [1.29, 1.82) is 0 Å². The van der Waals surface area contributed by atoms with E-state index in [0.29, 0.717) is 0 Å². The van der Waals surface area contributed by atoms with E-state index in [0.717, 1.165) is 6.07 Å². The van der Waals surface area contributed by atoms with Crippen LogP contribution < -0.4 is 4.74 Å². The third kappa shape index (κ3) is 2.99. The molecular formula is C12H13F3O2. The highest BCUT2D eigenvalue weighted by molar-refractivity contribution is 6.00. The van der Waals surface area contributed by atoms with Crippen LogP contribution in [0.3, 0.4) is 0 Å². The predicted octanol–water partition coefficient (Wildman–Crippen LogP) is 3.70. The molecule has 0 unspecified atom stereocenters. The summed E-state index contributed by atoms with van der Waals surface area (Å²) in [4.78, 5) is 11.6. The molecule has 5 heteroatoms. The lowest BCUT2D eigenvalue weighted by molar-refractivity contribution is -0.138. The minimum atomic E-state index is -4.55. The number of ether oxygens (including phenoxy) is 1. The fraction of sp³-hybridized carbons (Fsp3) is 0.417. The van der Waals surface area contributed by atoms with Crippen LogP contribution in [0.4, 0.5) is 13.2 Å². The van der Waals surface area contributed by atoms with Crippen molar-refractivity contribution in [1.82, 2.24) is 0 Å². The molecule has 0 aromatic heterocycles. The summed E-state index contributed by atoms with van der Waals surface area (Å²) >= 11 is 0. The monoisotopic (exact) mass is 246 g/mol. The van der Waals surface area contributed by atoms with Gasteiger partial charge in [0.05, 0.1) is 17.7 Å². The summed E-state index contributed by atoms with van der Waals surface area (Å²) in [6.45, 7) is 3.39. The molecule has 0 fully saturated rings. The van der Waals surface area contributed by atoms with Crippen LogP contribution in [0.5, 0.6) is 5.75 Å². The first kappa shape index (κ1) is 13.5. The number of alkyl halides is 3. The zero-order chi connectivity index (χ0) is 13.1. The maximum atomic E-state index is 12.8. The van der Waals surface area contributed by atoms with E-state index in [1.807, 2.05) is 0 Å². The quantitative estimate of drug-likeness (QED) is 0.757. The summed E-state index contributed by atoms with van der Waals surface area (Å²) in [5.41, 5.74) is -1.31. The Hall–Kier alpha value is -1.52. The molecule has 0 amide bonds. The zero-order valence-corrected chi connectivity index (χ0v) is 9.60. The molecule has 17 heavy (non-hydrogen) atoms. The lowest BCUT2D eigenvalue weighted by Crippen LogP contribution is -2.14. The summed E-state index contributed by atoms with van der Waals surface area (Å²) in [6, 6.07) is 3.51. The molecule has 0 saturated heterocycles. The molecule has 94 valence electrons. The molecule has 0 heterocycles. The minimum absolute atomic E-state index is 0.00539. The van der Waals surface area contributed by atoms with Gasteiger partial charge in [0.25, 0.3) is 0 Å². The number of ketones is 1. The fourth-order valence-corrected chi connectivity index (χ4v) is 1.51. The number of carbonyl (C=O) groups is 1. The smallest absolute Gasteiger partial charge is 0.417 e. The van der Waals surface area contributed by atoms with Gasteiger partial charge in [0, 0.05) is 6.42 Å². The molecule has 0 aliphatic rings. The van der Waals surface area contributed by atoms with Gasteiger partial charge in [0.15, 0.2) is 5.78 Å². The van der Waals surface area contributed by atoms with Gasteiger partial charge in [0.2, 0.25) is 0 Å². The van der Waals surface area contributed by atoms with Gasteiger partial charge in [-0.15, -0.1) is 0 Å². The van der Waals surface area contributed by atoms with Crippen molar-refractivity contribution >= 4 is 5.78 Å². The van der Waals surface area contributed by atoms with Crippen LogP contribution in [-0.2, 0) is 6.18 Å². The Bertz CT molecular complexity index is 411. The Morgan fingerprint density at radius 3 is 2.41 bits per heavy atom. The van der Waals surface area contributed by atoms with Gasteiger partial charge in [-0.2, -0.15) is 13.2 Å². The number of Topliss-reactive ketones (excluding diaryl/α,β-unsaturated/α-hetero) is 1. The second-order valence-electron chi connectivity index (χ2n) is 3.39. The van der Waals surface area contributed by atoms with Crippen LogP contribution >= 0.6 is 0 Å². The lowest BCUT2D eigenvalue weighted by atomic mass is 10.0. The number of hydrogen-bond donors (Lipinski definition) is 0. The molecule has 0 N–H and O–H groups in total. The van der Waals surface area contributed by atoms with E-state index in [-0.39, 0.29) is 24.3 Å². The van der Waals surface area contributed by atoms with Crippen LogP contribution in [0.25, 0.3) is 0 Å². The van der Waals surface area contributed by atoms with Gasteiger partial charge < -0.3 is 4.74 Å². The summed E-state index contributed by atoms with van der Waals surface area (Å²) in [5, 5.41) is 0. The molecule has 0 radical (unpaired) electrons. The van der Waals surface area contributed by atoms with E-state index in [1.54, 1.807) is 6.92 Å². The van der Waals surface area contributed by atoms with Crippen molar-refractivity contribution in [2.24, 2.45) is 0 Å². The fourth-order valence-electron chi connectivity index (χ4n) is 1.51. The highest BCUT2D eigenvalue weighted by atomic mass is 19.4. The van der Waals surface area contributed by atoms with Crippen LogP contribution in [0.1, 0.15) is 36.2 Å². The molecule has 0 bridgehead atoms. The van der Waals surface area contributed by atoms with E-state index >= 15 is 0 Å². The van der Waals surface area contributed by atoms with Gasteiger partial charge in [-0.3, -0.25) is 4.79 Å². The van der Waals surface area contributed by atoms with Gasteiger partial charge in [0.1, 0.15) is 5.75 Å². The molecule has 0 saturated carbocycles. The summed E-state index contributed by atoms with van der Waals surface area (Å²) in [7, 11) is 0. The molecule has 1 rings (SSSR count). The summed E-state index contributed by atoms with van der Waals surface area (Å²) < 4.78 is 43.3. The maximum Gasteiger partial charge on any atom is 0.417 e. The topological polar surface area (TPSA) is 26.3 Å². The summed E-state index contributed by atoms with van der Waals surface area (Å²) in [5.74, 6) is -0.574. The first-order valence-electron chi connectivity index (χ1n) is 5.28. The number of halogens is 3. The average Bonchev–Trinajstić information content (AvgIpc) is 2.27. The molecule has 2 nitrogen and oxygen atoms in total. The molecular weight excluding hydrogens is 233 g/mol. The SMILES string of the molecule is CCOc1cccc(C(F)(F)F)c1C(=O)CC. The predicted molar refractivity (Wildman–Crippen MR) is 57.2 cm³/mol. The van der Waals surface area contributed by atoms with Crippen LogP contribution in [0.2, 0.25) is 0 Å². The van der Waals surface area contributed by atoms with Crippen molar-refractivity contribution in [2.75, 3.05) is 6.61 Å². The normalized spacial score (nSPS) is 11.4. The van der Waals surface area contributed by atoms with Gasteiger partial charge in [-0.1, -0.05) is 13.0 Å². The highest BCUT2D eigenvalue weighted by Crippen LogP contribution is 2.36. The number of hydrogen-bond acceptors (Lipinski definition) is 2. The number of carbonyl (C=O) groups excluding carboxylic acids is 1. The standard InChI is InChI=1S/C12H13F3O2/c1-3-9(16)11-8(12(13,14)15)6-5-7-10(11)17-4-2/h5-7H,3-4H2,1-2H3. The Kier molecular flexibility index (Phi) is 4.15. The second-order valence-corrected chi connectivity index (χ2v) is 3.39. The van der Waals surface area contributed by atoms with E-state index in [1.165, 1.54) is 19.1 Å². The molecule has 0 aliphatic carbocycles. The van der Waals surface area contributed by atoms with E-state index < -0.39 is 17.5 Å². The third-order valence-electron chi connectivity index (χ3n) is 2.23. The summed E-state index contributed by atoms with van der Waals surface area (Å²) in [6.07, 6.45) is -4.54. The van der Waals surface area contributed by atoms with Crippen molar-refractivity contribution in [3.63, 3.8) is 0 Å². The number of rotatable bonds is 4. The number of benzene rings is 1. The van der Waals surface area contributed by atoms with Gasteiger partial charge in [-0.05, 0) is 19.1 Å². The van der Waals surface area contributed by atoms with E-state index in [9.17, 15) is 18.0 Å². The van der Waals surface area contributed by atoms with Gasteiger partial charge >= 0.3 is 6.18 Å². The Morgan fingerprint density at radius 1 is 1.29 bits per heavy atom. The van der Waals surface area contributed by atoms with Crippen molar-refractivity contribution in [3.05, 3.63) is 29.3 Å².